The van der Waals surface area contributed by atoms with Gasteiger partial charge in [-0.05, 0) is 40.8 Å². The minimum absolute atomic E-state index is 0.370. The summed E-state index contributed by atoms with van der Waals surface area (Å²) < 4.78 is 21.1. The Morgan fingerprint density at radius 2 is 1.75 bits per heavy atom. The maximum atomic E-state index is 14.4. The molecule has 148 valence electrons. The number of aliphatic hydroxyl groups excluding tert-OH is 4. The van der Waals surface area contributed by atoms with E-state index in [9.17, 15) is 24.8 Å². The highest BCUT2D eigenvalue weighted by molar-refractivity contribution is 7.19. The first-order valence-electron chi connectivity index (χ1n) is 9.04. The van der Waals surface area contributed by atoms with E-state index in [0.717, 1.165) is 15.0 Å². The van der Waals surface area contributed by atoms with E-state index in [0.29, 0.717) is 17.5 Å². The molecule has 0 bridgehead atoms. The summed E-state index contributed by atoms with van der Waals surface area (Å²) in [4.78, 5) is 1.01. The lowest BCUT2D eigenvalue weighted by atomic mass is 9.90. The highest BCUT2D eigenvalue weighted by Gasteiger charge is 2.44. The molecule has 0 amide bonds. The van der Waals surface area contributed by atoms with Gasteiger partial charge in [-0.15, -0.1) is 11.3 Å². The van der Waals surface area contributed by atoms with Crippen molar-refractivity contribution in [1.29, 1.82) is 0 Å². The Hall–Kier alpha value is -1.87. The fraction of sp³-hybridized carbons (Fsp3) is 0.333. The van der Waals surface area contributed by atoms with Gasteiger partial charge in [0.2, 0.25) is 0 Å². The van der Waals surface area contributed by atoms with Gasteiger partial charge < -0.3 is 25.2 Å². The van der Waals surface area contributed by atoms with Crippen molar-refractivity contribution in [2.45, 2.75) is 36.9 Å². The molecule has 5 nitrogen and oxygen atoms in total. The number of hydrogen-bond donors (Lipinski definition) is 4. The van der Waals surface area contributed by atoms with Crippen molar-refractivity contribution in [2.24, 2.45) is 0 Å². The Balaban J connectivity index is 1.63. The van der Waals surface area contributed by atoms with Crippen LogP contribution >= 0.6 is 11.3 Å². The lowest BCUT2D eigenvalue weighted by molar-refractivity contribution is -0.231. The molecule has 1 saturated heterocycles. The van der Waals surface area contributed by atoms with Crippen LogP contribution < -0.4 is 0 Å². The second-order valence-electron chi connectivity index (χ2n) is 7.03. The number of benzene rings is 2. The summed E-state index contributed by atoms with van der Waals surface area (Å²) in [6.45, 7) is -0.503. The summed E-state index contributed by atoms with van der Waals surface area (Å²) in [7, 11) is 0. The zero-order chi connectivity index (χ0) is 19.8. The first-order chi connectivity index (χ1) is 13.5. The van der Waals surface area contributed by atoms with Gasteiger partial charge in [0.05, 0.1) is 6.61 Å². The summed E-state index contributed by atoms with van der Waals surface area (Å²) in [6, 6.07) is 14.4. The number of aliphatic hydroxyl groups is 4. The second kappa shape index (κ2) is 7.87. The average molecular weight is 404 g/mol. The van der Waals surface area contributed by atoms with Gasteiger partial charge in [-0.25, -0.2) is 4.39 Å². The van der Waals surface area contributed by atoms with Crippen LogP contribution in [0.1, 0.15) is 22.1 Å². The molecule has 2 unspecified atom stereocenters. The van der Waals surface area contributed by atoms with Gasteiger partial charge in [-0.1, -0.05) is 24.3 Å². The predicted molar refractivity (Wildman–Crippen MR) is 104 cm³/mol. The molecule has 1 aliphatic heterocycles. The van der Waals surface area contributed by atoms with Crippen molar-refractivity contribution >= 4 is 21.4 Å². The summed E-state index contributed by atoms with van der Waals surface area (Å²) in [5, 5.41) is 40.7. The first-order valence-corrected chi connectivity index (χ1v) is 9.86. The second-order valence-corrected chi connectivity index (χ2v) is 8.20. The summed E-state index contributed by atoms with van der Waals surface area (Å²) >= 11 is 1.59. The van der Waals surface area contributed by atoms with Crippen LogP contribution in [0.2, 0.25) is 0 Å². The van der Waals surface area contributed by atoms with Crippen molar-refractivity contribution < 1.29 is 29.6 Å². The highest BCUT2D eigenvalue weighted by atomic mass is 32.1. The van der Waals surface area contributed by atoms with Gasteiger partial charge in [0.15, 0.2) is 0 Å². The van der Waals surface area contributed by atoms with Crippen molar-refractivity contribution in [3.05, 3.63) is 70.4 Å². The zero-order valence-electron chi connectivity index (χ0n) is 14.9. The summed E-state index contributed by atoms with van der Waals surface area (Å²) in [5.41, 5.74) is 0.926. The molecular weight excluding hydrogens is 383 g/mol. The van der Waals surface area contributed by atoms with E-state index in [1.54, 1.807) is 17.4 Å². The van der Waals surface area contributed by atoms with Crippen LogP contribution in [0.25, 0.3) is 10.1 Å². The maximum absolute atomic E-state index is 14.4. The number of hydrogen-bond acceptors (Lipinski definition) is 6. The Kier molecular flexibility index (Phi) is 5.46. The highest BCUT2D eigenvalue weighted by Crippen LogP contribution is 2.34. The Labute approximate surface area is 165 Å². The fourth-order valence-electron chi connectivity index (χ4n) is 3.60. The lowest BCUT2D eigenvalue weighted by Gasteiger charge is -2.40. The monoisotopic (exact) mass is 404 g/mol. The molecule has 0 aliphatic carbocycles. The number of thiophene rings is 1. The van der Waals surface area contributed by atoms with Gasteiger partial charge in [0.1, 0.15) is 36.3 Å². The van der Waals surface area contributed by atoms with Crippen LogP contribution in [0.15, 0.2) is 48.5 Å². The standard InChI is InChI=1S/C21H21FO5S/c22-15-6-5-12(21-20(26)19(25)18(24)16(10-23)27-21)7-13(15)9-14-8-11-3-1-2-4-17(11)28-14/h1-8,16,18-21,23-26H,9-10H2/t16-,18?,19+,20?,21+/m1/s1. The SMILES string of the molecule is OC[C@H]1O[C@@H](c2ccc(F)c(Cc3cc4ccccc4s3)c2)C(O)[C@@H](O)C1O. The Morgan fingerprint density at radius 3 is 2.50 bits per heavy atom. The molecule has 1 aromatic heterocycles. The maximum Gasteiger partial charge on any atom is 0.126 e. The minimum Gasteiger partial charge on any atom is -0.394 e. The summed E-state index contributed by atoms with van der Waals surface area (Å²) in [5.74, 6) is -0.370. The van der Waals surface area contributed by atoms with Crippen LogP contribution in [0, 0.1) is 5.82 Å². The smallest absolute Gasteiger partial charge is 0.126 e. The van der Waals surface area contributed by atoms with Crippen molar-refractivity contribution in [3.8, 4) is 0 Å². The molecule has 4 rings (SSSR count). The molecule has 0 spiro atoms. The fourth-order valence-corrected chi connectivity index (χ4v) is 4.68. The van der Waals surface area contributed by atoms with E-state index < -0.39 is 37.1 Å². The molecule has 1 fully saturated rings. The molecule has 7 heteroatoms. The first kappa shape index (κ1) is 19.4. The molecule has 0 saturated carbocycles. The van der Waals surface area contributed by atoms with Gasteiger partial charge in [0, 0.05) is 16.0 Å². The van der Waals surface area contributed by atoms with Crippen LogP contribution in [-0.4, -0.2) is 51.4 Å². The topological polar surface area (TPSA) is 90.2 Å². The largest absolute Gasteiger partial charge is 0.394 e. The molecule has 2 heterocycles. The third kappa shape index (κ3) is 3.57. The number of rotatable bonds is 4. The Morgan fingerprint density at radius 1 is 0.964 bits per heavy atom. The zero-order valence-corrected chi connectivity index (χ0v) is 15.7. The van der Waals surface area contributed by atoms with Crippen molar-refractivity contribution in [2.75, 3.05) is 6.61 Å². The average Bonchev–Trinajstić information content (AvgIpc) is 3.11. The quantitative estimate of drug-likeness (QED) is 0.535. The minimum atomic E-state index is -1.47. The molecule has 28 heavy (non-hydrogen) atoms. The van der Waals surface area contributed by atoms with Gasteiger partial charge >= 0.3 is 0 Å². The van der Waals surface area contributed by atoms with E-state index in [1.165, 1.54) is 12.1 Å². The van der Waals surface area contributed by atoms with E-state index in [4.69, 9.17) is 4.74 Å². The molecule has 1 aliphatic rings. The molecule has 5 atom stereocenters. The van der Waals surface area contributed by atoms with Crippen LogP contribution in [0.5, 0.6) is 0 Å². The van der Waals surface area contributed by atoms with Crippen LogP contribution in [-0.2, 0) is 11.2 Å². The van der Waals surface area contributed by atoms with Crippen LogP contribution in [0.4, 0.5) is 4.39 Å². The lowest BCUT2D eigenvalue weighted by Crippen LogP contribution is -2.55. The van der Waals surface area contributed by atoms with Gasteiger partial charge in [-0.3, -0.25) is 0 Å². The normalized spacial score (nSPS) is 28.0. The molecule has 4 N–H and O–H groups in total. The molecule has 3 aromatic rings. The molecule has 0 radical (unpaired) electrons. The van der Waals surface area contributed by atoms with Gasteiger partial charge in [-0.2, -0.15) is 0 Å². The van der Waals surface area contributed by atoms with Gasteiger partial charge in [0.25, 0.3) is 0 Å². The van der Waals surface area contributed by atoms with Crippen molar-refractivity contribution in [3.63, 3.8) is 0 Å². The predicted octanol–water partition coefficient (Wildman–Crippen LogP) is 2.15. The van der Waals surface area contributed by atoms with Crippen molar-refractivity contribution in [1.82, 2.24) is 0 Å². The number of halogens is 1. The van der Waals surface area contributed by atoms with E-state index in [2.05, 4.69) is 0 Å². The third-order valence-electron chi connectivity index (χ3n) is 5.13. The van der Waals surface area contributed by atoms with E-state index >= 15 is 0 Å². The molecule has 2 aromatic carbocycles. The Bertz CT molecular complexity index is 939. The van der Waals surface area contributed by atoms with E-state index in [-0.39, 0.29) is 5.82 Å². The number of fused-ring (bicyclic) bond motifs is 1. The summed E-state index contributed by atoms with van der Waals surface area (Å²) in [6.07, 6.45) is -5.87. The van der Waals surface area contributed by atoms with Crippen LogP contribution in [0.3, 0.4) is 0 Å². The third-order valence-corrected chi connectivity index (χ3v) is 6.25. The number of ether oxygens (including phenoxy) is 1. The molecular formula is C21H21FO5S. The van der Waals surface area contributed by atoms with E-state index in [1.807, 2.05) is 30.3 Å².